The summed E-state index contributed by atoms with van der Waals surface area (Å²) in [7, 11) is 0. The van der Waals surface area contributed by atoms with Gasteiger partial charge in [-0.05, 0) is 5.75 Å². The highest BCUT2D eigenvalue weighted by Crippen LogP contribution is 2.31. The molecule has 8 nitrogen and oxygen atoms in total. The van der Waals surface area contributed by atoms with E-state index >= 15 is 0 Å². The highest BCUT2D eigenvalue weighted by Gasteiger charge is 2.25. The molecule has 2 aliphatic heterocycles. The summed E-state index contributed by atoms with van der Waals surface area (Å²) in [5, 5.41) is 26.9. The minimum absolute atomic E-state index is 0.169. The quantitative estimate of drug-likeness (QED) is 0.565. The molecule has 1 aromatic heterocycles. The van der Waals surface area contributed by atoms with Crippen molar-refractivity contribution in [3.63, 3.8) is 0 Å². The van der Waals surface area contributed by atoms with Gasteiger partial charge in [0.25, 0.3) is 0 Å². The fraction of sp³-hybridized carbons (Fsp3) is 0.438. The molecule has 3 rings (SSSR count). The topological polar surface area (TPSA) is 114 Å². The molecule has 1 saturated heterocycles. The first-order valence-corrected chi connectivity index (χ1v) is 10.1. The lowest BCUT2D eigenvalue weighted by molar-refractivity contribution is -0.134. The summed E-state index contributed by atoms with van der Waals surface area (Å²) in [5.41, 5.74) is 2.69. The van der Waals surface area contributed by atoms with Crippen LogP contribution in [-0.4, -0.2) is 70.3 Å². The Morgan fingerprint density at radius 1 is 1.31 bits per heavy atom. The maximum Gasteiger partial charge on any atom is 0.328 e. The van der Waals surface area contributed by atoms with E-state index < -0.39 is 11.9 Å². The number of anilines is 1. The first-order valence-electron chi connectivity index (χ1n) is 8.13. The normalized spacial score (nSPS) is 19.0. The SMILES string of the molecule is CCSC1N=C(N2CCNCC2)c2cscc2N1.O=C(O)/C=C\C(=O)O. The number of nitrogens with zero attached hydrogens (tertiary/aromatic N) is 2. The van der Waals surface area contributed by atoms with E-state index in [4.69, 9.17) is 15.2 Å². The van der Waals surface area contributed by atoms with Gasteiger partial charge in [-0.3, -0.25) is 0 Å². The van der Waals surface area contributed by atoms with E-state index in [9.17, 15) is 9.59 Å². The molecule has 0 spiro atoms. The minimum Gasteiger partial charge on any atom is -0.478 e. The zero-order valence-electron chi connectivity index (χ0n) is 14.3. The summed E-state index contributed by atoms with van der Waals surface area (Å²) < 4.78 is 0. The third-order valence-electron chi connectivity index (χ3n) is 3.53. The summed E-state index contributed by atoms with van der Waals surface area (Å²) in [5.74, 6) is -0.257. The fourth-order valence-corrected chi connectivity index (χ4v) is 3.90. The van der Waals surface area contributed by atoms with Crippen molar-refractivity contribution in [2.75, 3.05) is 37.2 Å². The summed E-state index contributed by atoms with van der Waals surface area (Å²) >= 11 is 3.60. The molecule has 4 N–H and O–H groups in total. The van der Waals surface area contributed by atoms with Gasteiger partial charge < -0.3 is 25.7 Å². The number of piperazine rings is 1. The lowest BCUT2D eigenvalue weighted by atomic mass is 10.2. The molecule has 142 valence electrons. The number of aliphatic carboxylic acids is 2. The number of hydrogen-bond donors (Lipinski definition) is 4. The molecular weight excluding hydrogens is 376 g/mol. The number of aliphatic imine (C=N–C) groups is 1. The van der Waals surface area contributed by atoms with Gasteiger partial charge in [0.2, 0.25) is 0 Å². The Kier molecular flexibility index (Phi) is 7.95. The van der Waals surface area contributed by atoms with Crippen molar-refractivity contribution in [3.8, 4) is 0 Å². The van der Waals surface area contributed by atoms with Gasteiger partial charge in [-0.2, -0.15) is 0 Å². The Morgan fingerprint density at radius 2 is 1.96 bits per heavy atom. The number of rotatable bonds is 4. The van der Waals surface area contributed by atoms with Crippen LogP contribution < -0.4 is 10.6 Å². The first kappa shape index (κ1) is 20.3. The van der Waals surface area contributed by atoms with Gasteiger partial charge in [0.15, 0.2) is 5.50 Å². The van der Waals surface area contributed by atoms with Gasteiger partial charge in [-0.1, -0.05) is 6.92 Å². The van der Waals surface area contributed by atoms with Crippen LogP contribution in [0.4, 0.5) is 5.69 Å². The van der Waals surface area contributed by atoms with Crippen LogP contribution in [0, 0.1) is 0 Å². The van der Waals surface area contributed by atoms with E-state index in [1.807, 2.05) is 11.8 Å². The smallest absolute Gasteiger partial charge is 0.328 e. The van der Waals surface area contributed by atoms with E-state index in [-0.39, 0.29) is 5.50 Å². The van der Waals surface area contributed by atoms with Gasteiger partial charge in [0, 0.05) is 49.1 Å². The summed E-state index contributed by atoms with van der Waals surface area (Å²) in [6.45, 7) is 6.39. The molecule has 0 radical (unpaired) electrons. The fourth-order valence-electron chi connectivity index (χ4n) is 2.44. The van der Waals surface area contributed by atoms with Gasteiger partial charge in [0.05, 0.1) is 11.3 Å². The molecule has 26 heavy (non-hydrogen) atoms. The molecule has 0 amide bonds. The maximum atomic E-state index is 9.55. The van der Waals surface area contributed by atoms with Crippen LogP contribution in [0.3, 0.4) is 0 Å². The molecule has 10 heteroatoms. The molecule has 0 aliphatic carbocycles. The van der Waals surface area contributed by atoms with Crippen LogP contribution in [0.2, 0.25) is 0 Å². The second-order valence-corrected chi connectivity index (χ2v) is 7.45. The van der Waals surface area contributed by atoms with Crippen molar-refractivity contribution in [1.29, 1.82) is 0 Å². The monoisotopic (exact) mass is 398 g/mol. The van der Waals surface area contributed by atoms with Crippen molar-refractivity contribution >= 4 is 46.6 Å². The number of nitrogens with one attached hydrogen (secondary N) is 2. The second-order valence-electron chi connectivity index (χ2n) is 5.35. The molecule has 2 aliphatic rings. The van der Waals surface area contributed by atoms with Crippen LogP contribution in [-0.2, 0) is 9.59 Å². The Labute approximate surface area is 160 Å². The molecule has 3 heterocycles. The number of hydrogen-bond acceptors (Lipinski definition) is 8. The standard InChI is InChI=1S/C12H18N4S2.C4H4O4/c1-2-18-12-14-10-8-17-7-9(10)11(15-12)16-5-3-13-4-6-16;5-3(6)1-2-4(7)8/h7-8,12-14H,2-6H2,1H3;1-2H,(H,5,6)(H,7,8)/b;2-1-. The van der Waals surface area contributed by atoms with Crippen molar-refractivity contribution in [3.05, 3.63) is 28.5 Å². The lowest BCUT2D eigenvalue weighted by Crippen LogP contribution is -2.48. The third-order valence-corrected chi connectivity index (χ3v) is 5.15. The number of carbonyl (C=O) groups is 2. The Hall–Kier alpha value is -2.04. The molecule has 1 unspecified atom stereocenters. The molecule has 1 aromatic rings. The van der Waals surface area contributed by atoms with Crippen LogP contribution in [0.15, 0.2) is 27.9 Å². The van der Waals surface area contributed by atoms with Gasteiger partial charge in [-0.15, -0.1) is 23.1 Å². The van der Waals surface area contributed by atoms with E-state index in [0.717, 1.165) is 31.9 Å². The lowest BCUT2D eigenvalue weighted by Gasteiger charge is -2.34. The molecule has 0 aromatic carbocycles. The van der Waals surface area contributed by atoms with Crippen molar-refractivity contribution in [2.24, 2.45) is 4.99 Å². The highest BCUT2D eigenvalue weighted by atomic mass is 32.2. The number of carboxylic acids is 2. The van der Waals surface area contributed by atoms with E-state index in [2.05, 4.69) is 33.2 Å². The highest BCUT2D eigenvalue weighted by molar-refractivity contribution is 7.99. The Morgan fingerprint density at radius 3 is 2.54 bits per heavy atom. The van der Waals surface area contributed by atoms with E-state index in [0.29, 0.717) is 12.2 Å². The van der Waals surface area contributed by atoms with Crippen molar-refractivity contribution < 1.29 is 19.8 Å². The molecule has 1 atom stereocenters. The van der Waals surface area contributed by atoms with Crippen LogP contribution in [0.1, 0.15) is 12.5 Å². The largest absolute Gasteiger partial charge is 0.478 e. The van der Waals surface area contributed by atoms with Gasteiger partial charge in [-0.25, -0.2) is 14.6 Å². The van der Waals surface area contributed by atoms with Crippen LogP contribution in [0.25, 0.3) is 0 Å². The molecule has 0 saturated carbocycles. The zero-order valence-corrected chi connectivity index (χ0v) is 16.0. The van der Waals surface area contributed by atoms with Crippen LogP contribution >= 0.6 is 23.1 Å². The minimum atomic E-state index is -1.26. The van der Waals surface area contributed by atoms with Crippen molar-refractivity contribution in [2.45, 2.75) is 12.4 Å². The van der Waals surface area contributed by atoms with Crippen LogP contribution in [0.5, 0.6) is 0 Å². The Bertz CT molecular complexity index is 668. The number of carboxylic acid groups (broad SMARTS) is 2. The van der Waals surface area contributed by atoms with Gasteiger partial charge in [0.1, 0.15) is 5.84 Å². The first-order chi connectivity index (χ1) is 12.5. The number of amidine groups is 1. The predicted molar refractivity (Wildman–Crippen MR) is 105 cm³/mol. The predicted octanol–water partition coefficient (Wildman–Crippen LogP) is 1.57. The average Bonchev–Trinajstić information content (AvgIpc) is 3.09. The number of thioether (sulfide) groups is 1. The summed E-state index contributed by atoms with van der Waals surface area (Å²) in [6, 6.07) is 0. The second kappa shape index (κ2) is 10.2. The van der Waals surface area contributed by atoms with Gasteiger partial charge >= 0.3 is 11.9 Å². The Balaban J connectivity index is 0.000000260. The third kappa shape index (κ3) is 6.04. The summed E-state index contributed by atoms with van der Waals surface area (Å²) in [4.78, 5) is 26.4. The summed E-state index contributed by atoms with van der Waals surface area (Å²) in [6.07, 6.45) is 1.12. The average molecular weight is 399 g/mol. The zero-order chi connectivity index (χ0) is 18.9. The van der Waals surface area contributed by atoms with Crippen molar-refractivity contribution in [1.82, 2.24) is 10.2 Å². The number of thiophene rings is 1. The molecular formula is C16H22N4O4S2. The molecule has 1 fully saturated rings. The number of fused-ring (bicyclic) bond motifs is 1. The molecule has 0 bridgehead atoms. The maximum absolute atomic E-state index is 9.55. The van der Waals surface area contributed by atoms with E-state index in [1.54, 1.807) is 11.3 Å². The van der Waals surface area contributed by atoms with E-state index in [1.165, 1.54) is 17.1 Å².